The first-order valence-corrected chi connectivity index (χ1v) is 9.40. The van der Waals surface area contributed by atoms with E-state index in [0.29, 0.717) is 34.3 Å². The van der Waals surface area contributed by atoms with Gasteiger partial charge in [0, 0.05) is 12.2 Å². The highest BCUT2D eigenvalue weighted by Gasteiger charge is 2.19. The van der Waals surface area contributed by atoms with Crippen LogP contribution < -0.4 is 21.9 Å². The Morgan fingerprint density at radius 2 is 1.96 bits per heavy atom. The molecule has 0 unspecified atom stereocenters. The molecule has 1 atom stereocenters. The average Bonchev–Trinajstić information content (AvgIpc) is 2.64. The molecule has 0 fully saturated rings. The molecule has 0 radical (unpaired) electrons. The zero-order chi connectivity index (χ0) is 20.4. The fraction of sp³-hybridized carbons (Fsp3) is 0.211. The topological polar surface area (TPSA) is 102 Å². The monoisotopic (exact) mass is 419 g/mol. The van der Waals surface area contributed by atoms with Crippen LogP contribution in [0.1, 0.15) is 25.7 Å². The Kier molecular flexibility index (Phi) is 5.88. The largest absolute Gasteiger partial charge is 0.338 e. The maximum Gasteiger partial charge on any atom is 0.319 e. The average molecular weight is 420 g/mol. The summed E-state index contributed by atoms with van der Waals surface area (Å²) >= 11 is 12.5. The van der Waals surface area contributed by atoms with Crippen molar-refractivity contribution in [2.75, 3.05) is 11.9 Å². The molecule has 0 spiro atoms. The van der Waals surface area contributed by atoms with E-state index in [2.05, 4.69) is 15.6 Å². The maximum absolute atomic E-state index is 13.3. The van der Waals surface area contributed by atoms with Crippen LogP contribution >= 0.6 is 23.2 Å². The molecule has 7 nitrogen and oxygen atoms in total. The van der Waals surface area contributed by atoms with Crippen LogP contribution in [0.5, 0.6) is 0 Å². The van der Waals surface area contributed by atoms with E-state index in [-0.39, 0.29) is 22.0 Å². The number of amides is 2. The van der Waals surface area contributed by atoms with Crippen LogP contribution in [0.25, 0.3) is 16.6 Å². The SMILES string of the molecule is CCNC(=O)Nc1cccc(-n2c([C@H](C)N)nc3c(Cl)ccc(Cl)c3c2=O)c1. The minimum atomic E-state index is -0.549. The lowest BCUT2D eigenvalue weighted by atomic mass is 10.2. The van der Waals surface area contributed by atoms with Crippen LogP contribution in [0.2, 0.25) is 10.0 Å². The zero-order valence-corrected chi connectivity index (χ0v) is 16.8. The number of rotatable bonds is 4. The molecule has 0 saturated heterocycles. The molecule has 28 heavy (non-hydrogen) atoms. The van der Waals surface area contributed by atoms with E-state index in [1.165, 1.54) is 4.57 Å². The van der Waals surface area contributed by atoms with Gasteiger partial charge in [-0.05, 0) is 44.2 Å². The first-order chi connectivity index (χ1) is 13.3. The maximum atomic E-state index is 13.3. The molecule has 3 rings (SSSR count). The summed E-state index contributed by atoms with van der Waals surface area (Å²) in [6, 6.07) is 9.07. The molecule has 146 valence electrons. The molecule has 0 aliphatic carbocycles. The van der Waals surface area contributed by atoms with E-state index in [1.807, 2.05) is 6.92 Å². The Hall–Kier alpha value is -2.61. The number of halogens is 2. The number of hydrogen-bond acceptors (Lipinski definition) is 4. The summed E-state index contributed by atoms with van der Waals surface area (Å²) in [5, 5.41) is 6.14. The number of hydrogen-bond donors (Lipinski definition) is 3. The van der Waals surface area contributed by atoms with Crippen LogP contribution in [0.3, 0.4) is 0 Å². The molecule has 3 aromatic rings. The van der Waals surface area contributed by atoms with Crippen LogP contribution in [-0.2, 0) is 0 Å². The van der Waals surface area contributed by atoms with Crippen molar-refractivity contribution in [3.05, 3.63) is 62.6 Å². The number of carbonyl (C=O) groups excluding carboxylic acids is 1. The highest BCUT2D eigenvalue weighted by Crippen LogP contribution is 2.28. The number of urea groups is 1. The number of aromatic nitrogens is 2. The van der Waals surface area contributed by atoms with Gasteiger partial charge in [0.05, 0.1) is 32.7 Å². The van der Waals surface area contributed by atoms with E-state index >= 15 is 0 Å². The third-order valence-electron chi connectivity index (χ3n) is 4.06. The summed E-state index contributed by atoms with van der Waals surface area (Å²) in [7, 11) is 0. The van der Waals surface area contributed by atoms with Gasteiger partial charge in [-0.15, -0.1) is 0 Å². The van der Waals surface area contributed by atoms with Crippen LogP contribution in [-0.4, -0.2) is 22.1 Å². The summed E-state index contributed by atoms with van der Waals surface area (Å²) < 4.78 is 1.39. The predicted octanol–water partition coefficient (Wildman–Crippen LogP) is 3.85. The molecule has 0 bridgehead atoms. The van der Waals surface area contributed by atoms with Crippen molar-refractivity contribution in [1.82, 2.24) is 14.9 Å². The van der Waals surface area contributed by atoms with Crippen LogP contribution in [0, 0.1) is 0 Å². The van der Waals surface area contributed by atoms with Crippen molar-refractivity contribution in [1.29, 1.82) is 0 Å². The molecule has 0 aliphatic heterocycles. The Morgan fingerprint density at radius 1 is 1.25 bits per heavy atom. The lowest BCUT2D eigenvalue weighted by molar-refractivity contribution is 0.252. The summed E-state index contributed by atoms with van der Waals surface area (Å²) in [6.45, 7) is 4.03. The second kappa shape index (κ2) is 8.18. The number of benzene rings is 2. The number of nitrogens with zero attached hydrogens (tertiary/aromatic N) is 2. The van der Waals surface area contributed by atoms with E-state index in [1.54, 1.807) is 43.3 Å². The molecule has 1 heterocycles. The third kappa shape index (κ3) is 3.82. The van der Waals surface area contributed by atoms with E-state index < -0.39 is 6.04 Å². The minimum Gasteiger partial charge on any atom is -0.338 e. The lowest BCUT2D eigenvalue weighted by Crippen LogP contribution is -2.29. The minimum absolute atomic E-state index is 0.209. The van der Waals surface area contributed by atoms with Gasteiger partial charge in [0.1, 0.15) is 5.82 Å². The second-order valence-electron chi connectivity index (χ2n) is 6.19. The number of carbonyl (C=O) groups is 1. The number of fused-ring (bicyclic) bond motifs is 1. The molecule has 2 amide bonds. The summed E-state index contributed by atoms with van der Waals surface area (Å²) in [5.74, 6) is 0.330. The normalized spacial score (nSPS) is 12.0. The fourth-order valence-corrected chi connectivity index (χ4v) is 3.28. The fourth-order valence-electron chi connectivity index (χ4n) is 2.85. The number of nitrogens with two attached hydrogens (primary N) is 1. The van der Waals surface area contributed by atoms with Gasteiger partial charge in [0.25, 0.3) is 5.56 Å². The quantitative estimate of drug-likeness (QED) is 0.597. The standard InChI is InChI=1S/C19H19Cl2N5O2/c1-3-23-19(28)24-11-5-4-6-12(9-11)26-17(10(2)22)25-16-14(21)8-7-13(20)15(16)18(26)27/h4-10H,3,22H2,1-2H3,(H2,23,24,28)/t10-/m0/s1. The van der Waals surface area contributed by atoms with Gasteiger partial charge in [0.2, 0.25) is 0 Å². The Morgan fingerprint density at radius 3 is 2.64 bits per heavy atom. The third-order valence-corrected chi connectivity index (χ3v) is 4.68. The van der Waals surface area contributed by atoms with Crippen molar-refractivity contribution < 1.29 is 4.79 Å². The first-order valence-electron chi connectivity index (χ1n) is 8.65. The zero-order valence-electron chi connectivity index (χ0n) is 15.3. The van der Waals surface area contributed by atoms with Crippen molar-refractivity contribution in [3.63, 3.8) is 0 Å². The smallest absolute Gasteiger partial charge is 0.319 e. The first kappa shape index (κ1) is 20.1. The van der Waals surface area contributed by atoms with Gasteiger partial charge in [0.15, 0.2) is 0 Å². The molecule has 2 aromatic carbocycles. The summed E-state index contributed by atoms with van der Waals surface area (Å²) in [4.78, 5) is 29.6. The molecule has 1 aromatic heterocycles. The highest BCUT2D eigenvalue weighted by atomic mass is 35.5. The summed E-state index contributed by atoms with van der Waals surface area (Å²) in [6.07, 6.45) is 0. The van der Waals surface area contributed by atoms with E-state index in [9.17, 15) is 9.59 Å². The van der Waals surface area contributed by atoms with E-state index in [0.717, 1.165) is 0 Å². The summed E-state index contributed by atoms with van der Waals surface area (Å²) in [5.41, 5.74) is 7.01. The predicted molar refractivity (Wildman–Crippen MR) is 113 cm³/mol. The van der Waals surface area contributed by atoms with Gasteiger partial charge in [-0.3, -0.25) is 9.36 Å². The van der Waals surface area contributed by atoms with Crippen LogP contribution in [0.4, 0.5) is 10.5 Å². The molecular weight excluding hydrogens is 401 g/mol. The number of anilines is 1. The molecule has 0 saturated carbocycles. The Balaban J connectivity index is 2.24. The van der Waals surface area contributed by atoms with Crippen molar-refractivity contribution in [3.8, 4) is 5.69 Å². The van der Waals surface area contributed by atoms with Crippen molar-refractivity contribution in [2.24, 2.45) is 5.73 Å². The highest BCUT2D eigenvalue weighted by molar-refractivity contribution is 6.39. The van der Waals surface area contributed by atoms with Gasteiger partial charge in [-0.1, -0.05) is 29.3 Å². The van der Waals surface area contributed by atoms with Gasteiger partial charge >= 0.3 is 6.03 Å². The molecule has 4 N–H and O–H groups in total. The van der Waals surface area contributed by atoms with Gasteiger partial charge in [-0.2, -0.15) is 0 Å². The number of nitrogens with one attached hydrogen (secondary N) is 2. The molecule has 9 heteroatoms. The Bertz CT molecular complexity index is 1110. The van der Waals surface area contributed by atoms with Gasteiger partial charge in [-0.25, -0.2) is 9.78 Å². The van der Waals surface area contributed by atoms with Crippen molar-refractivity contribution in [2.45, 2.75) is 19.9 Å². The molecular formula is C19H19Cl2N5O2. The van der Waals surface area contributed by atoms with Crippen molar-refractivity contribution >= 4 is 45.8 Å². The molecule has 0 aliphatic rings. The Labute approximate surface area is 171 Å². The lowest BCUT2D eigenvalue weighted by Gasteiger charge is -2.17. The van der Waals surface area contributed by atoms with E-state index in [4.69, 9.17) is 28.9 Å². The van der Waals surface area contributed by atoms with Gasteiger partial charge < -0.3 is 16.4 Å². The van der Waals surface area contributed by atoms with Crippen LogP contribution in [0.15, 0.2) is 41.2 Å². The second-order valence-corrected chi connectivity index (χ2v) is 7.00.